The van der Waals surface area contributed by atoms with Gasteiger partial charge < -0.3 is 4.74 Å². The SMILES string of the molecule is COc1ccc(-c2ccccc2[SH](=O)=O)cc1. The molecule has 0 heterocycles. The lowest BCUT2D eigenvalue weighted by molar-refractivity contribution is 0.415. The maximum atomic E-state index is 11.1. The molecule has 0 radical (unpaired) electrons. The fourth-order valence-electron chi connectivity index (χ4n) is 1.65. The smallest absolute Gasteiger partial charge is 0.168 e. The third-order valence-electron chi connectivity index (χ3n) is 2.50. The number of thiol groups is 1. The molecular formula is C13H12O3S. The van der Waals surface area contributed by atoms with E-state index in [1.54, 1.807) is 25.3 Å². The summed E-state index contributed by atoms with van der Waals surface area (Å²) in [6, 6.07) is 14.2. The lowest BCUT2D eigenvalue weighted by Gasteiger charge is -2.05. The van der Waals surface area contributed by atoms with Gasteiger partial charge in [0.05, 0.1) is 12.0 Å². The number of benzene rings is 2. The lowest BCUT2D eigenvalue weighted by atomic mass is 10.1. The topological polar surface area (TPSA) is 43.4 Å². The number of methoxy groups -OCH3 is 1. The van der Waals surface area contributed by atoms with E-state index in [2.05, 4.69) is 0 Å². The molecule has 0 saturated carbocycles. The van der Waals surface area contributed by atoms with Gasteiger partial charge in [-0.3, -0.25) is 0 Å². The molecule has 0 aliphatic rings. The molecule has 17 heavy (non-hydrogen) atoms. The summed E-state index contributed by atoms with van der Waals surface area (Å²) in [6.45, 7) is 0. The second-order valence-electron chi connectivity index (χ2n) is 3.50. The van der Waals surface area contributed by atoms with Crippen molar-refractivity contribution in [2.24, 2.45) is 0 Å². The third kappa shape index (κ3) is 2.47. The van der Waals surface area contributed by atoms with Crippen LogP contribution in [0, 0.1) is 0 Å². The molecule has 0 bridgehead atoms. The predicted molar refractivity (Wildman–Crippen MR) is 67.0 cm³/mol. The van der Waals surface area contributed by atoms with E-state index in [4.69, 9.17) is 4.74 Å². The van der Waals surface area contributed by atoms with Crippen LogP contribution >= 0.6 is 0 Å². The quantitative estimate of drug-likeness (QED) is 0.848. The van der Waals surface area contributed by atoms with Gasteiger partial charge in [-0.1, -0.05) is 30.3 Å². The Morgan fingerprint density at radius 2 is 1.59 bits per heavy atom. The zero-order chi connectivity index (χ0) is 12.3. The number of hydrogen-bond acceptors (Lipinski definition) is 3. The fourth-order valence-corrected chi connectivity index (χ4v) is 2.26. The van der Waals surface area contributed by atoms with Crippen molar-refractivity contribution in [3.05, 3.63) is 48.5 Å². The van der Waals surface area contributed by atoms with E-state index in [-0.39, 0.29) is 0 Å². The van der Waals surface area contributed by atoms with Gasteiger partial charge in [0, 0.05) is 5.56 Å². The van der Waals surface area contributed by atoms with Gasteiger partial charge in [-0.05, 0) is 23.8 Å². The molecule has 0 spiro atoms. The highest BCUT2D eigenvalue weighted by Crippen LogP contribution is 2.26. The highest BCUT2D eigenvalue weighted by molar-refractivity contribution is 7.72. The summed E-state index contributed by atoms with van der Waals surface area (Å²) in [5.74, 6) is 0.748. The minimum absolute atomic E-state index is 0.340. The van der Waals surface area contributed by atoms with Crippen LogP contribution in [0.25, 0.3) is 11.1 Å². The van der Waals surface area contributed by atoms with Crippen LogP contribution in [0.2, 0.25) is 0 Å². The van der Waals surface area contributed by atoms with Gasteiger partial charge in [-0.15, -0.1) is 0 Å². The van der Waals surface area contributed by atoms with Gasteiger partial charge in [-0.25, -0.2) is 8.42 Å². The fraction of sp³-hybridized carbons (Fsp3) is 0.0769. The summed E-state index contributed by atoms with van der Waals surface area (Å²) >= 11 is 0. The predicted octanol–water partition coefficient (Wildman–Crippen LogP) is 2.33. The molecule has 0 unspecified atom stereocenters. The Bertz CT molecular complexity index is 578. The van der Waals surface area contributed by atoms with E-state index < -0.39 is 10.7 Å². The minimum atomic E-state index is -2.58. The second-order valence-corrected chi connectivity index (χ2v) is 4.50. The van der Waals surface area contributed by atoms with Crippen LogP contribution in [-0.4, -0.2) is 15.5 Å². The van der Waals surface area contributed by atoms with Crippen molar-refractivity contribution in [1.29, 1.82) is 0 Å². The Balaban J connectivity index is 2.52. The molecule has 88 valence electrons. The van der Waals surface area contributed by atoms with Crippen molar-refractivity contribution in [2.75, 3.05) is 7.11 Å². The Labute approximate surface area is 102 Å². The first-order valence-electron chi connectivity index (χ1n) is 5.10. The number of hydrogen-bond donors (Lipinski definition) is 1. The van der Waals surface area contributed by atoms with Gasteiger partial charge in [0.25, 0.3) is 0 Å². The summed E-state index contributed by atoms with van der Waals surface area (Å²) in [7, 11) is -0.988. The van der Waals surface area contributed by atoms with Gasteiger partial charge in [-0.2, -0.15) is 0 Å². The van der Waals surface area contributed by atoms with Crippen LogP contribution < -0.4 is 4.74 Å². The third-order valence-corrected chi connectivity index (χ3v) is 3.29. The molecular weight excluding hydrogens is 236 g/mol. The van der Waals surface area contributed by atoms with E-state index in [1.165, 1.54) is 0 Å². The Morgan fingerprint density at radius 3 is 2.18 bits per heavy atom. The van der Waals surface area contributed by atoms with Crippen LogP contribution in [0.1, 0.15) is 0 Å². The highest BCUT2D eigenvalue weighted by Gasteiger charge is 2.06. The van der Waals surface area contributed by atoms with Gasteiger partial charge in [0.2, 0.25) is 0 Å². The highest BCUT2D eigenvalue weighted by atomic mass is 32.2. The van der Waals surface area contributed by atoms with Gasteiger partial charge in [0.15, 0.2) is 10.7 Å². The zero-order valence-electron chi connectivity index (χ0n) is 9.29. The van der Waals surface area contributed by atoms with Crippen LogP contribution in [0.4, 0.5) is 0 Å². The van der Waals surface area contributed by atoms with E-state index >= 15 is 0 Å². The average Bonchev–Trinajstić information content (AvgIpc) is 2.39. The van der Waals surface area contributed by atoms with Crippen molar-refractivity contribution in [3.63, 3.8) is 0 Å². The normalized spacial score (nSPS) is 10.5. The monoisotopic (exact) mass is 248 g/mol. The van der Waals surface area contributed by atoms with Crippen molar-refractivity contribution in [1.82, 2.24) is 0 Å². The first-order valence-corrected chi connectivity index (χ1v) is 6.28. The lowest BCUT2D eigenvalue weighted by Crippen LogP contribution is -1.87. The largest absolute Gasteiger partial charge is 0.497 e. The van der Waals surface area contributed by atoms with E-state index in [0.29, 0.717) is 10.5 Å². The van der Waals surface area contributed by atoms with Gasteiger partial charge >= 0.3 is 0 Å². The molecule has 0 atom stereocenters. The Hall–Kier alpha value is -1.81. The molecule has 4 heteroatoms. The van der Waals surface area contributed by atoms with E-state index in [1.807, 2.05) is 30.3 Å². The maximum absolute atomic E-state index is 11.1. The van der Waals surface area contributed by atoms with E-state index in [0.717, 1.165) is 11.3 Å². The number of ether oxygens (including phenoxy) is 1. The summed E-state index contributed by atoms with van der Waals surface area (Å²) in [5, 5.41) is 0. The summed E-state index contributed by atoms with van der Waals surface area (Å²) in [4.78, 5) is 0.340. The van der Waals surface area contributed by atoms with Crippen molar-refractivity contribution < 1.29 is 13.2 Å². The molecule has 2 aromatic carbocycles. The molecule has 0 fully saturated rings. The first-order chi connectivity index (χ1) is 8.22. The van der Waals surface area contributed by atoms with Crippen LogP contribution in [0.5, 0.6) is 5.75 Å². The summed E-state index contributed by atoms with van der Waals surface area (Å²) in [5.41, 5.74) is 1.58. The van der Waals surface area contributed by atoms with Crippen molar-refractivity contribution in [3.8, 4) is 16.9 Å². The molecule has 0 aliphatic carbocycles. The Morgan fingerprint density at radius 1 is 0.941 bits per heavy atom. The molecule has 0 aliphatic heterocycles. The first kappa shape index (κ1) is 11.7. The van der Waals surface area contributed by atoms with E-state index in [9.17, 15) is 8.42 Å². The molecule has 0 saturated heterocycles. The molecule has 2 rings (SSSR count). The summed E-state index contributed by atoms with van der Waals surface area (Å²) in [6.07, 6.45) is 0. The van der Waals surface area contributed by atoms with Crippen LogP contribution in [0.3, 0.4) is 0 Å². The van der Waals surface area contributed by atoms with Crippen molar-refractivity contribution >= 4 is 10.7 Å². The molecule has 3 nitrogen and oxygen atoms in total. The summed E-state index contributed by atoms with van der Waals surface area (Å²) < 4.78 is 27.3. The van der Waals surface area contributed by atoms with Crippen LogP contribution in [-0.2, 0) is 10.7 Å². The minimum Gasteiger partial charge on any atom is -0.497 e. The molecule has 0 aromatic heterocycles. The maximum Gasteiger partial charge on any atom is 0.168 e. The Kier molecular flexibility index (Phi) is 3.44. The van der Waals surface area contributed by atoms with Crippen LogP contribution in [0.15, 0.2) is 53.4 Å². The zero-order valence-corrected chi connectivity index (χ0v) is 10.2. The molecule has 0 amide bonds. The standard InChI is InChI=1S/C13H12O3S/c1-16-11-8-6-10(7-9-11)12-4-2-3-5-13(12)17(14)15/h2-9,17H,1H3. The number of rotatable bonds is 3. The molecule has 2 aromatic rings. The van der Waals surface area contributed by atoms with Gasteiger partial charge in [0.1, 0.15) is 5.75 Å². The molecule has 0 N–H and O–H groups in total. The van der Waals surface area contributed by atoms with Crippen molar-refractivity contribution in [2.45, 2.75) is 4.90 Å². The second kappa shape index (κ2) is 5.01. The average molecular weight is 248 g/mol.